The minimum absolute atomic E-state index is 0.109. The summed E-state index contributed by atoms with van der Waals surface area (Å²) in [6, 6.07) is 20.2. The Morgan fingerprint density at radius 1 is 1.14 bits per heavy atom. The quantitative estimate of drug-likeness (QED) is 0.339. The molecule has 2 N–H and O–H groups in total. The van der Waals surface area contributed by atoms with Crippen molar-refractivity contribution in [1.82, 2.24) is 19.9 Å². The summed E-state index contributed by atoms with van der Waals surface area (Å²) < 4.78 is 7.91. The Balaban J connectivity index is 1.50. The summed E-state index contributed by atoms with van der Waals surface area (Å²) in [4.78, 5) is 12.6. The number of carbonyl (C=O) groups excluding carboxylic acids is 1. The molecule has 37 heavy (non-hydrogen) atoms. The molecule has 1 amide bonds. The molecule has 1 aliphatic rings. The summed E-state index contributed by atoms with van der Waals surface area (Å²) in [6.07, 6.45) is 0.585. The Hall–Kier alpha value is -3.87. The van der Waals surface area contributed by atoms with Crippen molar-refractivity contribution >= 4 is 34.8 Å². The molecule has 1 aliphatic heterocycles. The van der Waals surface area contributed by atoms with Gasteiger partial charge in [-0.2, -0.15) is 5.26 Å². The second kappa shape index (κ2) is 10.2. The highest BCUT2D eigenvalue weighted by Crippen LogP contribution is 2.38. The van der Waals surface area contributed by atoms with Crippen LogP contribution in [0.5, 0.6) is 0 Å². The van der Waals surface area contributed by atoms with Crippen LogP contribution in [0.1, 0.15) is 41.7 Å². The summed E-state index contributed by atoms with van der Waals surface area (Å²) in [6.45, 7) is 6.87. The number of amides is 1. The number of benzene rings is 2. The number of fused-ring (bicyclic) bond motifs is 3. The number of aromatic nitrogens is 3. The van der Waals surface area contributed by atoms with E-state index in [1.807, 2.05) is 79.8 Å². The van der Waals surface area contributed by atoms with Gasteiger partial charge in [-0.25, -0.2) is 0 Å². The van der Waals surface area contributed by atoms with Crippen LogP contribution < -0.4 is 10.6 Å². The third-order valence-electron chi connectivity index (χ3n) is 6.33. The number of ether oxygens (including phenoxy) is 1. The molecular formula is C28H28N6O2S. The number of anilines is 2. The maximum Gasteiger partial charge on any atom is 0.230 e. The lowest BCUT2D eigenvalue weighted by atomic mass is 9.89. The van der Waals surface area contributed by atoms with Crippen LogP contribution in [0.25, 0.3) is 5.65 Å². The number of thioether (sulfide) groups is 1. The fraction of sp³-hybridized carbons (Fsp3) is 0.286. The van der Waals surface area contributed by atoms with E-state index in [-0.39, 0.29) is 11.7 Å². The van der Waals surface area contributed by atoms with Crippen molar-refractivity contribution in [2.75, 3.05) is 11.1 Å². The van der Waals surface area contributed by atoms with E-state index in [9.17, 15) is 10.1 Å². The molecule has 0 bridgehead atoms. The van der Waals surface area contributed by atoms with E-state index in [0.717, 1.165) is 27.9 Å². The smallest absolute Gasteiger partial charge is 0.230 e. The lowest BCUT2D eigenvalue weighted by Gasteiger charge is -2.33. The maximum absolute atomic E-state index is 12.6. The van der Waals surface area contributed by atoms with Crippen LogP contribution in [0, 0.1) is 18.3 Å². The monoisotopic (exact) mass is 512 g/mol. The fourth-order valence-corrected chi connectivity index (χ4v) is 5.15. The molecule has 5 rings (SSSR count). The van der Waals surface area contributed by atoms with E-state index in [2.05, 4.69) is 26.9 Å². The first kappa shape index (κ1) is 24.8. The lowest BCUT2D eigenvalue weighted by Crippen LogP contribution is -2.33. The summed E-state index contributed by atoms with van der Waals surface area (Å²) in [5.41, 5.74) is 5.57. The Bertz CT molecular complexity index is 1490. The Labute approximate surface area is 220 Å². The van der Waals surface area contributed by atoms with Crippen molar-refractivity contribution in [3.05, 3.63) is 82.4 Å². The van der Waals surface area contributed by atoms with Crippen LogP contribution >= 0.6 is 11.8 Å². The average molecular weight is 513 g/mol. The highest BCUT2D eigenvalue weighted by Gasteiger charge is 2.33. The van der Waals surface area contributed by atoms with Gasteiger partial charge in [0.2, 0.25) is 5.91 Å². The maximum atomic E-state index is 12.6. The highest BCUT2D eigenvalue weighted by atomic mass is 32.2. The van der Waals surface area contributed by atoms with Gasteiger partial charge in [-0.05, 0) is 44.0 Å². The van der Waals surface area contributed by atoms with Crippen LogP contribution in [0.4, 0.5) is 11.5 Å². The number of nitrogens with one attached hydrogen (secondary N) is 2. The summed E-state index contributed by atoms with van der Waals surface area (Å²) in [5, 5.41) is 26.1. The third-order valence-corrected chi connectivity index (χ3v) is 7.26. The Morgan fingerprint density at radius 3 is 2.62 bits per heavy atom. The van der Waals surface area contributed by atoms with Gasteiger partial charge in [-0.3, -0.25) is 9.20 Å². The zero-order valence-corrected chi connectivity index (χ0v) is 21.9. The summed E-state index contributed by atoms with van der Waals surface area (Å²) in [7, 11) is 0. The molecule has 0 aliphatic carbocycles. The van der Waals surface area contributed by atoms with Crippen molar-refractivity contribution in [2.45, 2.75) is 51.1 Å². The molecule has 2 aromatic carbocycles. The van der Waals surface area contributed by atoms with Gasteiger partial charge in [-0.1, -0.05) is 59.8 Å². The molecule has 0 saturated carbocycles. The SMILES string of the molecule is Cc1ccc(Nc2c(C#N)c3c(c4nnc(SCC(=O)NCc5ccccc5)n24)COC(C)(C)C3)cc1. The van der Waals surface area contributed by atoms with Crippen molar-refractivity contribution in [3.8, 4) is 6.07 Å². The van der Waals surface area contributed by atoms with Gasteiger partial charge in [0.15, 0.2) is 10.8 Å². The number of hydrogen-bond donors (Lipinski definition) is 2. The number of nitrogens with zero attached hydrogens (tertiary/aromatic N) is 4. The van der Waals surface area contributed by atoms with Crippen LogP contribution in [-0.2, 0) is 29.1 Å². The van der Waals surface area contributed by atoms with Gasteiger partial charge in [0.25, 0.3) is 0 Å². The van der Waals surface area contributed by atoms with Crippen LogP contribution in [0.3, 0.4) is 0 Å². The molecule has 0 spiro atoms. The molecule has 0 fully saturated rings. The van der Waals surface area contributed by atoms with Crippen molar-refractivity contribution in [3.63, 3.8) is 0 Å². The Morgan fingerprint density at radius 2 is 1.89 bits per heavy atom. The van der Waals surface area contributed by atoms with E-state index >= 15 is 0 Å². The van der Waals surface area contributed by atoms with Crippen LogP contribution in [0.15, 0.2) is 59.8 Å². The first-order chi connectivity index (χ1) is 17.8. The van der Waals surface area contributed by atoms with E-state index in [4.69, 9.17) is 4.74 Å². The van der Waals surface area contributed by atoms with Gasteiger partial charge < -0.3 is 15.4 Å². The topological polar surface area (TPSA) is 104 Å². The molecule has 3 heterocycles. The van der Waals surface area contributed by atoms with Crippen molar-refractivity contribution in [2.24, 2.45) is 0 Å². The first-order valence-electron chi connectivity index (χ1n) is 12.1. The van der Waals surface area contributed by atoms with Gasteiger partial charge in [0.05, 0.1) is 23.5 Å². The second-order valence-corrected chi connectivity index (χ2v) is 10.6. The highest BCUT2D eigenvalue weighted by molar-refractivity contribution is 7.99. The molecule has 0 radical (unpaired) electrons. The molecule has 8 nitrogen and oxygen atoms in total. The van der Waals surface area contributed by atoms with Crippen LogP contribution in [-0.4, -0.2) is 31.9 Å². The number of pyridine rings is 1. The molecule has 188 valence electrons. The van der Waals surface area contributed by atoms with Crippen LogP contribution in [0.2, 0.25) is 0 Å². The molecule has 0 atom stereocenters. The number of aryl methyl sites for hydroxylation is 1. The third kappa shape index (κ3) is 5.31. The molecule has 0 unspecified atom stereocenters. The fourth-order valence-electron chi connectivity index (χ4n) is 4.38. The van der Waals surface area contributed by atoms with E-state index in [0.29, 0.717) is 41.8 Å². The normalized spacial score (nSPS) is 14.1. The minimum Gasteiger partial charge on any atom is -0.370 e. The lowest BCUT2D eigenvalue weighted by molar-refractivity contribution is -0.118. The van der Waals surface area contributed by atoms with E-state index < -0.39 is 5.60 Å². The van der Waals surface area contributed by atoms with Gasteiger partial charge in [-0.15, -0.1) is 10.2 Å². The predicted molar refractivity (Wildman–Crippen MR) is 144 cm³/mol. The summed E-state index contributed by atoms with van der Waals surface area (Å²) >= 11 is 1.28. The largest absolute Gasteiger partial charge is 0.370 e. The second-order valence-electron chi connectivity index (χ2n) is 9.70. The number of nitriles is 1. The van der Waals surface area contributed by atoms with Crippen molar-refractivity contribution in [1.29, 1.82) is 5.26 Å². The zero-order chi connectivity index (χ0) is 26.0. The van der Waals surface area contributed by atoms with E-state index in [1.165, 1.54) is 11.8 Å². The van der Waals surface area contributed by atoms with Gasteiger partial charge >= 0.3 is 0 Å². The van der Waals surface area contributed by atoms with Gasteiger partial charge in [0, 0.05) is 24.2 Å². The molecule has 0 saturated heterocycles. The first-order valence-corrected chi connectivity index (χ1v) is 13.1. The zero-order valence-electron chi connectivity index (χ0n) is 21.0. The minimum atomic E-state index is -0.396. The number of rotatable bonds is 7. The molecular weight excluding hydrogens is 484 g/mol. The number of hydrogen-bond acceptors (Lipinski definition) is 7. The predicted octanol–water partition coefficient (Wildman–Crippen LogP) is 4.91. The molecule has 4 aromatic rings. The molecule has 2 aromatic heterocycles. The average Bonchev–Trinajstić information content (AvgIpc) is 3.31. The summed E-state index contributed by atoms with van der Waals surface area (Å²) in [5.74, 6) is 0.650. The van der Waals surface area contributed by atoms with Crippen molar-refractivity contribution < 1.29 is 9.53 Å². The number of carbonyl (C=O) groups is 1. The standard InChI is InChI=1S/C28H28N6O2S/c1-18-9-11-20(12-10-18)31-25-22(14-29)21-13-28(2,3)36-16-23(21)26-32-33-27(34(25)26)37-17-24(35)30-15-19-7-5-4-6-8-19/h4-12,31H,13,15-17H2,1-3H3,(H,30,35). The van der Waals surface area contributed by atoms with Gasteiger partial charge in [0.1, 0.15) is 11.9 Å². The molecule has 9 heteroatoms. The Kier molecular flexibility index (Phi) is 6.87. The van der Waals surface area contributed by atoms with E-state index in [1.54, 1.807) is 0 Å².